The van der Waals surface area contributed by atoms with E-state index >= 15 is 0 Å². The van der Waals surface area contributed by atoms with Crippen LogP contribution in [0.5, 0.6) is 0 Å². The van der Waals surface area contributed by atoms with Gasteiger partial charge in [0.15, 0.2) is 0 Å². The van der Waals surface area contributed by atoms with Crippen LogP contribution >= 0.6 is 0 Å². The Morgan fingerprint density at radius 3 is 2.52 bits per heavy atom. The molecule has 2 amide bonds. The molecule has 0 aromatic rings. The molecule has 5 heteroatoms. The van der Waals surface area contributed by atoms with Crippen molar-refractivity contribution in [3.05, 3.63) is 12.2 Å². The number of nitrogens with one attached hydrogen (secondary N) is 2. The Kier molecular flexibility index (Phi) is 4.50. The number of urea groups is 1. The van der Waals surface area contributed by atoms with E-state index in [-0.39, 0.29) is 24.6 Å². The average Bonchev–Trinajstić information content (AvgIpc) is 2.87. The van der Waals surface area contributed by atoms with E-state index in [2.05, 4.69) is 22.6 Å². The van der Waals surface area contributed by atoms with Crippen molar-refractivity contribution in [2.45, 2.75) is 62.7 Å². The third-order valence-corrected chi connectivity index (χ3v) is 5.40. The summed E-state index contributed by atoms with van der Waals surface area (Å²) in [5, 5.41) is 15.3. The predicted molar refractivity (Wildman–Crippen MR) is 82.0 cm³/mol. The van der Waals surface area contributed by atoms with E-state index in [4.69, 9.17) is 5.11 Å². The lowest BCUT2D eigenvalue weighted by molar-refractivity contribution is 0.0508. The molecule has 0 saturated carbocycles. The number of aliphatic hydroxyl groups excluding tert-OH is 1. The maximum absolute atomic E-state index is 12.1. The van der Waals surface area contributed by atoms with Crippen LogP contribution in [0.2, 0.25) is 0 Å². The van der Waals surface area contributed by atoms with E-state index in [0.29, 0.717) is 18.1 Å². The standard InChI is InChI=1S/C16H27N3O2/c1-19-14-3-2-4-15(19)9-13(8-14)18-16(21)17-12-6-5-11(7-12)10-20/h5-6,11-15,20H,2-4,7-10H2,1H3,(H2,17,18,21)/t11-,12+,13?,14?,15?/m0/s1. The number of piperidine rings is 2. The van der Waals surface area contributed by atoms with E-state index in [0.717, 1.165) is 19.3 Å². The van der Waals surface area contributed by atoms with Gasteiger partial charge in [0.2, 0.25) is 0 Å². The van der Waals surface area contributed by atoms with Gasteiger partial charge in [-0.25, -0.2) is 4.79 Å². The molecule has 0 aromatic heterocycles. The second-order valence-electron chi connectivity index (χ2n) is 6.86. The van der Waals surface area contributed by atoms with Crippen LogP contribution in [-0.4, -0.2) is 53.9 Å². The zero-order chi connectivity index (χ0) is 14.8. The third-order valence-electron chi connectivity index (χ3n) is 5.40. The quantitative estimate of drug-likeness (QED) is 0.686. The minimum Gasteiger partial charge on any atom is -0.396 e. The third kappa shape index (κ3) is 3.40. The summed E-state index contributed by atoms with van der Waals surface area (Å²) in [6, 6.07) is 1.57. The van der Waals surface area contributed by atoms with Crippen LogP contribution < -0.4 is 10.6 Å². The van der Waals surface area contributed by atoms with Gasteiger partial charge in [-0.15, -0.1) is 0 Å². The summed E-state index contributed by atoms with van der Waals surface area (Å²) in [4.78, 5) is 14.6. The first kappa shape index (κ1) is 14.9. The molecule has 2 heterocycles. The SMILES string of the molecule is CN1C2CCCC1CC(NC(=O)N[C@@H]1C=C[C@H](CO)C1)C2. The maximum Gasteiger partial charge on any atom is 0.315 e. The molecule has 2 fully saturated rings. The fourth-order valence-corrected chi connectivity index (χ4v) is 4.15. The van der Waals surface area contributed by atoms with Gasteiger partial charge >= 0.3 is 6.03 Å². The van der Waals surface area contributed by atoms with Crippen molar-refractivity contribution < 1.29 is 9.90 Å². The molecule has 3 N–H and O–H groups in total. The first-order valence-electron chi connectivity index (χ1n) is 8.24. The van der Waals surface area contributed by atoms with Gasteiger partial charge in [0.1, 0.15) is 0 Å². The normalized spacial score (nSPS) is 39.2. The molecule has 21 heavy (non-hydrogen) atoms. The Morgan fingerprint density at radius 1 is 1.19 bits per heavy atom. The molecular formula is C16H27N3O2. The van der Waals surface area contributed by atoms with Crippen LogP contribution in [0.1, 0.15) is 38.5 Å². The lowest BCUT2D eigenvalue weighted by atomic mass is 9.82. The number of aliphatic hydroxyl groups is 1. The Morgan fingerprint density at radius 2 is 1.90 bits per heavy atom. The summed E-state index contributed by atoms with van der Waals surface area (Å²) < 4.78 is 0. The molecule has 2 saturated heterocycles. The lowest BCUT2D eigenvalue weighted by Crippen LogP contribution is -2.56. The fourth-order valence-electron chi connectivity index (χ4n) is 4.15. The van der Waals surface area contributed by atoms with Crippen molar-refractivity contribution in [1.29, 1.82) is 0 Å². The highest BCUT2D eigenvalue weighted by molar-refractivity contribution is 5.75. The maximum atomic E-state index is 12.1. The van der Waals surface area contributed by atoms with Crippen LogP contribution in [-0.2, 0) is 0 Å². The zero-order valence-electron chi connectivity index (χ0n) is 12.8. The summed E-state index contributed by atoms with van der Waals surface area (Å²) >= 11 is 0. The van der Waals surface area contributed by atoms with Crippen molar-refractivity contribution in [3.8, 4) is 0 Å². The number of carbonyl (C=O) groups is 1. The van der Waals surface area contributed by atoms with Gasteiger partial charge in [0.25, 0.3) is 0 Å². The minimum atomic E-state index is -0.0594. The fraction of sp³-hybridized carbons (Fsp3) is 0.812. The number of amides is 2. The minimum absolute atomic E-state index is 0.0594. The highest BCUT2D eigenvalue weighted by Gasteiger charge is 2.36. The number of rotatable bonds is 3. The summed E-state index contributed by atoms with van der Waals surface area (Å²) in [7, 11) is 2.23. The Bertz CT molecular complexity index is 398. The molecule has 2 bridgehead atoms. The smallest absolute Gasteiger partial charge is 0.315 e. The van der Waals surface area contributed by atoms with Crippen LogP contribution in [0.3, 0.4) is 0 Å². The molecule has 3 aliphatic rings. The molecule has 0 radical (unpaired) electrons. The number of nitrogens with zero attached hydrogens (tertiary/aromatic N) is 1. The number of hydrogen-bond acceptors (Lipinski definition) is 3. The first-order chi connectivity index (χ1) is 10.2. The zero-order valence-corrected chi connectivity index (χ0v) is 12.8. The van der Waals surface area contributed by atoms with E-state index in [1.165, 1.54) is 19.3 Å². The topological polar surface area (TPSA) is 64.6 Å². The van der Waals surface area contributed by atoms with Crippen LogP contribution in [0.4, 0.5) is 4.79 Å². The molecule has 2 aliphatic heterocycles. The molecule has 5 nitrogen and oxygen atoms in total. The second kappa shape index (κ2) is 6.36. The summed E-state index contributed by atoms with van der Waals surface area (Å²) in [6.07, 6.45) is 10.8. The molecule has 0 spiro atoms. The molecule has 2 unspecified atom stereocenters. The van der Waals surface area contributed by atoms with Gasteiger partial charge in [0, 0.05) is 36.7 Å². The Labute approximate surface area is 126 Å². The number of fused-ring (bicyclic) bond motifs is 2. The van der Waals surface area contributed by atoms with Crippen molar-refractivity contribution >= 4 is 6.03 Å². The number of hydrogen-bond donors (Lipinski definition) is 3. The summed E-state index contributed by atoms with van der Waals surface area (Å²) in [6.45, 7) is 0.161. The van der Waals surface area contributed by atoms with Gasteiger partial charge in [-0.05, 0) is 39.2 Å². The molecular weight excluding hydrogens is 266 g/mol. The number of carbonyl (C=O) groups excluding carboxylic acids is 1. The second-order valence-corrected chi connectivity index (χ2v) is 6.86. The van der Waals surface area contributed by atoms with Crippen LogP contribution in [0, 0.1) is 5.92 Å². The van der Waals surface area contributed by atoms with Gasteiger partial charge in [-0.1, -0.05) is 18.6 Å². The first-order valence-corrected chi connectivity index (χ1v) is 8.24. The van der Waals surface area contributed by atoms with E-state index in [9.17, 15) is 4.79 Å². The van der Waals surface area contributed by atoms with Crippen molar-refractivity contribution in [2.75, 3.05) is 13.7 Å². The van der Waals surface area contributed by atoms with Gasteiger partial charge in [-0.2, -0.15) is 0 Å². The highest BCUT2D eigenvalue weighted by Crippen LogP contribution is 2.32. The highest BCUT2D eigenvalue weighted by atomic mass is 16.3. The van der Waals surface area contributed by atoms with Crippen molar-refractivity contribution in [1.82, 2.24) is 15.5 Å². The lowest BCUT2D eigenvalue weighted by Gasteiger charge is -2.47. The van der Waals surface area contributed by atoms with Crippen LogP contribution in [0.15, 0.2) is 12.2 Å². The van der Waals surface area contributed by atoms with E-state index in [1.807, 2.05) is 12.2 Å². The Hall–Kier alpha value is -1.07. The van der Waals surface area contributed by atoms with Gasteiger partial charge in [0.05, 0.1) is 0 Å². The molecule has 4 atom stereocenters. The Balaban J connectivity index is 1.46. The molecule has 3 rings (SSSR count). The van der Waals surface area contributed by atoms with Crippen LogP contribution in [0.25, 0.3) is 0 Å². The van der Waals surface area contributed by atoms with Gasteiger partial charge in [-0.3, -0.25) is 0 Å². The van der Waals surface area contributed by atoms with Gasteiger partial charge < -0.3 is 20.6 Å². The largest absolute Gasteiger partial charge is 0.396 e. The molecule has 118 valence electrons. The summed E-state index contributed by atoms with van der Waals surface area (Å²) in [5.41, 5.74) is 0. The van der Waals surface area contributed by atoms with E-state index < -0.39 is 0 Å². The van der Waals surface area contributed by atoms with Crippen molar-refractivity contribution in [2.24, 2.45) is 5.92 Å². The summed E-state index contributed by atoms with van der Waals surface area (Å²) in [5.74, 6) is 0.193. The molecule has 1 aliphatic carbocycles. The average molecular weight is 293 g/mol. The molecule has 0 aromatic carbocycles. The van der Waals surface area contributed by atoms with E-state index in [1.54, 1.807) is 0 Å². The van der Waals surface area contributed by atoms with Crippen molar-refractivity contribution in [3.63, 3.8) is 0 Å². The predicted octanol–water partition coefficient (Wildman–Crippen LogP) is 1.24. The monoisotopic (exact) mass is 293 g/mol.